The molecule has 2 aromatic rings. The molecule has 0 bridgehead atoms. The zero-order valence-corrected chi connectivity index (χ0v) is 13.6. The fourth-order valence-electron chi connectivity index (χ4n) is 2.88. The van der Waals surface area contributed by atoms with E-state index in [0.717, 1.165) is 5.56 Å². The highest BCUT2D eigenvalue weighted by Gasteiger charge is 2.35. The first kappa shape index (κ1) is 17.3. The predicted octanol–water partition coefficient (Wildman–Crippen LogP) is 3.35. The lowest BCUT2D eigenvalue weighted by Gasteiger charge is -2.34. The number of halogens is 2. The molecule has 1 aromatic carbocycles. The van der Waals surface area contributed by atoms with Gasteiger partial charge in [-0.25, -0.2) is 13.8 Å². The summed E-state index contributed by atoms with van der Waals surface area (Å²) in [6.45, 7) is 0.144. The molecule has 0 radical (unpaired) electrons. The van der Waals surface area contributed by atoms with E-state index in [-0.39, 0.29) is 25.2 Å². The van der Waals surface area contributed by atoms with Gasteiger partial charge in [-0.05, 0) is 24.1 Å². The van der Waals surface area contributed by atoms with Crippen molar-refractivity contribution >= 4 is 11.6 Å². The molecule has 25 heavy (non-hydrogen) atoms. The van der Waals surface area contributed by atoms with Crippen molar-refractivity contribution in [1.82, 2.24) is 10.0 Å². The molecule has 132 valence electrons. The Labute approximate surface area is 144 Å². The third kappa shape index (κ3) is 4.30. The molecule has 5 nitrogen and oxygen atoms in total. The highest BCUT2D eigenvalue weighted by molar-refractivity contribution is 5.92. The van der Waals surface area contributed by atoms with E-state index in [9.17, 15) is 18.8 Å². The molecule has 0 aliphatic carbocycles. The van der Waals surface area contributed by atoms with Crippen LogP contribution in [-0.2, 0) is 6.54 Å². The van der Waals surface area contributed by atoms with Crippen molar-refractivity contribution in [3.63, 3.8) is 0 Å². The molecule has 1 aliphatic rings. The lowest BCUT2D eigenvalue weighted by atomic mass is 10.1. The minimum Gasteiger partial charge on any atom is -0.365 e. The van der Waals surface area contributed by atoms with Gasteiger partial charge in [0.2, 0.25) is 0 Å². The summed E-state index contributed by atoms with van der Waals surface area (Å²) in [5, 5.41) is 10.6. The van der Waals surface area contributed by atoms with E-state index in [2.05, 4.69) is 4.98 Å². The molecule has 1 N–H and O–H groups in total. The maximum Gasteiger partial charge on any atom is 0.296 e. The molecule has 1 fully saturated rings. The first-order valence-corrected chi connectivity index (χ1v) is 8.08. The van der Waals surface area contributed by atoms with Gasteiger partial charge in [0, 0.05) is 24.8 Å². The largest absolute Gasteiger partial charge is 0.365 e. The summed E-state index contributed by atoms with van der Waals surface area (Å²) < 4.78 is 27.2. The fraction of sp³-hybridized carbons (Fsp3) is 0.333. The normalized spacial score (nSPS) is 16.5. The number of amides is 1. The Morgan fingerprint density at radius 2 is 2.04 bits per heavy atom. The molecule has 0 saturated carbocycles. The van der Waals surface area contributed by atoms with E-state index in [4.69, 9.17) is 0 Å². The number of pyridine rings is 1. The van der Waals surface area contributed by atoms with Crippen LogP contribution in [0.1, 0.15) is 28.9 Å². The summed E-state index contributed by atoms with van der Waals surface area (Å²) in [5.41, 5.74) is 1.29. The number of anilines is 1. The Bertz CT molecular complexity index is 740. The highest BCUT2D eigenvalue weighted by atomic mass is 19.3. The van der Waals surface area contributed by atoms with Gasteiger partial charge in [-0.3, -0.25) is 15.0 Å². The van der Waals surface area contributed by atoms with Crippen molar-refractivity contribution in [2.24, 2.45) is 0 Å². The Morgan fingerprint density at radius 3 is 2.76 bits per heavy atom. The highest BCUT2D eigenvalue weighted by Crippen LogP contribution is 2.30. The number of carbonyl (C=O) groups is 1. The molecule has 2 heterocycles. The molecule has 1 aromatic heterocycles. The number of piperidine rings is 1. The number of aromatic nitrogens is 1. The molecule has 1 aliphatic heterocycles. The molecule has 0 spiro atoms. The quantitative estimate of drug-likeness (QED) is 0.681. The summed E-state index contributed by atoms with van der Waals surface area (Å²) in [4.78, 5) is 17.9. The van der Waals surface area contributed by atoms with Crippen molar-refractivity contribution in [2.45, 2.75) is 25.3 Å². The summed E-state index contributed by atoms with van der Waals surface area (Å²) >= 11 is 0. The number of alkyl halides is 2. The van der Waals surface area contributed by atoms with Crippen LogP contribution >= 0.6 is 0 Å². The molecule has 1 saturated heterocycles. The molecular weight excluding hydrogens is 328 g/mol. The summed E-state index contributed by atoms with van der Waals surface area (Å²) in [7, 11) is 0. The van der Waals surface area contributed by atoms with Crippen LogP contribution in [0.5, 0.6) is 0 Å². The van der Waals surface area contributed by atoms with E-state index in [1.54, 1.807) is 23.1 Å². The number of rotatable bonds is 4. The number of hydrogen-bond donors (Lipinski definition) is 1. The van der Waals surface area contributed by atoms with E-state index >= 15 is 0 Å². The average molecular weight is 347 g/mol. The smallest absolute Gasteiger partial charge is 0.296 e. The number of hydroxylamine groups is 2. The maximum absolute atomic E-state index is 13.6. The third-order valence-corrected chi connectivity index (χ3v) is 4.13. The Kier molecular flexibility index (Phi) is 4.94. The molecule has 3 rings (SSSR count). The van der Waals surface area contributed by atoms with Gasteiger partial charge in [-0.1, -0.05) is 30.3 Å². The van der Waals surface area contributed by atoms with Crippen LogP contribution in [0.2, 0.25) is 0 Å². The van der Waals surface area contributed by atoms with E-state index in [0.29, 0.717) is 23.7 Å². The standard InChI is InChI=1S/C18H19F2N3O2/c19-18(20)8-4-10-22(13-18)15-7-9-21-16(11-15)17(24)23(25)12-14-5-2-1-3-6-14/h1-3,5-7,9,11,25H,4,8,10,12-13H2. The Morgan fingerprint density at radius 1 is 1.28 bits per heavy atom. The van der Waals surface area contributed by atoms with Crippen LogP contribution in [0.4, 0.5) is 14.5 Å². The van der Waals surface area contributed by atoms with Crippen LogP contribution in [0, 0.1) is 0 Å². The van der Waals surface area contributed by atoms with Gasteiger partial charge >= 0.3 is 0 Å². The van der Waals surface area contributed by atoms with Gasteiger partial charge in [0.25, 0.3) is 11.8 Å². The molecule has 0 unspecified atom stereocenters. The first-order chi connectivity index (χ1) is 11.9. The predicted molar refractivity (Wildman–Crippen MR) is 88.7 cm³/mol. The monoisotopic (exact) mass is 347 g/mol. The van der Waals surface area contributed by atoms with Crippen LogP contribution in [0.15, 0.2) is 48.7 Å². The second kappa shape index (κ2) is 7.14. The fourth-order valence-corrected chi connectivity index (χ4v) is 2.88. The van der Waals surface area contributed by atoms with Crippen LogP contribution < -0.4 is 4.90 Å². The minimum atomic E-state index is -2.73. The summed E-state index contributed by atoms with van der Waals surface area (Å²) in [6, 6.07) is 12.1. The molecular formula is C18H19F2N3O2. The van der Waals surface area contributed by atoms with Gasteiger partial charge < -0.3 is 4.90 Å². The number of benzene rings is 1. The lowest BCUT2D eigenvalue weighted by molar-refractivity contribution is -0.0652. The van der Waals surface area contributed by atoms with E-state index < -0.39 is 11.8 Å². The number of nitrogens with zero attached hydrogens (tertiary/aromatic N) is 3. The maximum atomic E-state index is 13.6. The van der Waals surface area contributed by atoms with Crippen molar-refractivity contribution in [1.29, 1.82) is 0 Å². The molecule has 1 amide bonds. The second-order valence-corrected chi connectivity index (χ2v) is 6.13. The second-order valence-electron chi connectivity index (χ2n) is 6.13. The minimum absolute atomic E-state index is 0.0184. The van der Waals surface area contributed by atoms with Crippen molar-refractivity contribution in [3.8, 4) is 0 Å². The zero-order chi connectivity index (χ0) is 17.9. The SMILES string of the molecule is O=C(c1cc(N2CCCC(F)(F)C2)ccn1)N(O)Cc1ccccc1. The number of hydrogen-bond acceptors (Lipinski definition) is 4. The van der Waals surface area contributed by atoms with Gasteiger partial charge in [0.05, 0.1) is 13.1 Å². The van der Waals surface area contributed by atoms with Crippen molar-refractivity contribution in [2.75, 3.05) is 18.0 Å². The van der Waals surface area contributed by atoms with Gasteiger partial charge in [-0.2, -0.15) is 0 Å². The van der Waals surface area contributed by atoms with Crippen LogP contribution in [-0.4, -0.2) is 40.2 Å². The Balaban J connectivity index is 1.73. The Hall–Kier alpha value is -2.54. The summed E-state index contributed by atoms with van der Waals surface area (Å²) in [5.74, 6) is -3.41. The number of carbonyl (C=O) groups excluding carboxylic acids is 1. The van der Waals surface area contributed by atoms with Crippen molar-refractivity contribution in [3.05, 3.63) is 59.9 Å². The lowest BCUT2D eigenvalue weighted by Crippen LogP contribution is -2.42. The summed E-state index contributed by atoms with van der Waals surface area (Å²) in [6.07, 6.45) is 1.66. The van der Waals surface area contributed by atoms with E-state index in [1.807, 2.05) is 18.2 Å². The van der Waals surface area contributed by atoms with Crippen LogP contribution in [0.3, 0.4) is 0 Å². The van der Waals surface area contributed by atoms with Gasteiger partial charge in [-0.15, -0.1) is 0 Å². The molecule has 0 atom stereocenters. The zero-order valence-electron chi connectivity index (χ0n) is 13.6. The van der Waals surface area contributed by atoms with Crippen LogP contribution in [0.25, 0.3) is 0 Å². The molecule has 7 heteroatoms. The van der Waals surface area contributed by atoms with E-state index in [1.165, 1.54) is 12.3 Å². The average Bonchev–Trinajstić information content (AvgIpc) is 2.61. The van der Waals surface area contributed by atoms with Gasteiger partial charge in [0.15, 0.2) is 0 Å². The first-order valence-electron chi connectivity index (χ1n) is 8.08. The van der Waals surface area contributed by atoms with Gasteiger partial charge in [0.1, 0.15) is 5.69 Å². The topological polar surface area (TPSA) is 56.7 Å². The third-order valence-electron chi connectivity index (χ3n) is 4.13. The van der Waals surface area contributed by atoms with Crippen molar-refractivity contribution < 1.29 is 18.8 Å².